The molecule has 0 fully saturated rings. The minimum atomic E-state index is 0.671. The zero-order valence-corrected chi connectivity index (χ0v) is 8.15. The van der Waals surface area contributed by atoms with Crippen LogP contribution in [0.15, 0.2) is 23.1 Å². The Balaban J connectivity index is 2.75. The first-order valence-corrected chi connectivity index (χ1v) is 4.70. The fraction of sp³-hybridized carbons (Fsp3) is 0.333. The first-order chi connectivity index (χ1) is 5.74. The molecule has 1 aromatic carbocycles. The van der Waals surface area contributed by atoms with Crippen LogP contribution in [-0.2, 0) is 4.74 Å². The summed E-state index contributed by atoms with van der Waals surface area (Å²) in [5, 5.41) is 0. The minimum Gasteiger partial charge on any atom is -0.399 e. The number of methoxy groups -OCH3 is 1. The van der Waals surface area contributed by atoms with Crippen molar-refractivity contribution in [2.75, 3.05) is 18.8 Å². The van der Waals surface area contributed by atoms with Gasteiger partial charge in [0.15, 0.2) is 0 Å². The zero-order valence-electron chi connectivity index (χ0n) is 7.33. The van der Waals surface area contributed by atoms with E-state index < -0.39 is 0 Å². The SMILES string of the molecule is COCSc1cc(N)ccc1C. The van der Waals surface area contributed by atoms with Gasteiger partial charge in [-0.25, -0.2) is 0 Å². The highest BCUT2D eigenvalue weighted by molar-refractivity contribution is 7.99. The van der Waals surface area contributed by atoms with Crippen LogP contribution >= 0.6 is 11.8 Å². The Kier molecular flexibility index (Phi) is 3.44. The van der Waals surface area contributed by atoms with E-state index in [1.54, 1.807) is 18.9 Å². The van der Waals surface area contributed by atoms with Gasteiger partial charge in [-0.3, -0.25) is 0 Å². The highest BCUT2D eigenvalue weighted by atomic mass is 32.2. The average molecular weight is 183 g/mol. The molecule has 0 radical (unpaired) electrons. The summed E-state index contributed by atoms with van der Waals surface area (Å²) in [6.45, 7) is 2.07. The molecule has 1 aromatic rings. The van der Waals surface area contributed by atoms with Crippen LogP contribution in [0, 0.1) is 6.92 Å². The first kappa shape index (κ1) is 9.42. The maximum absolute atomic E-state index is 5.65. The van der Waals surface area contributed by atoms with Gasteiger partial charge < -0.3 is 10.5 Å². The van der Waals surface area contributed by atoms with Crippen molar-refractivity contribution in [2.45, 2.75) is 11.8 Å². The highest BCUT2D eigenvalue weighted by Gasteiger charge is 1.98. The van der Waals surface area contributed by atoms with Gasteiger partial charge in [0, 0.05) is 17.7 Å². The van der Waals surface area contributed by atoms with E-state index in [0.717, 1.165) is 5.69 Å². The first-order valence-electron chi connectivity index (χ1n) is 3.72. The van der Waals surface area contributed by atoms with Crippen molar-refractivity contribution in [3.05, 3.63) is 23.8 Å². The molecule has 0 aliphatic carbocycles. The third-order valence-electron chi connectivity index (χ3n) is 1.54. The standard InChI is InChI=1S/C9H13NOS/c1-7-3-4-8(10)5-9(7)12-6-11-2/h3-5H,6,10H2,1-2H3. The molecule has 0 bridgehead atoms. The van der Waals surface area contributed by atoms with Gasteiger partial charge >= 0.3 is 0 Å². The predicted octanol–water partition coefficient (Wildman–Crippen LogP) is 2.27. The number of ether oxygens (including phenoxy) is 1. The molecule has 0 atom stereocenters. The fourth-order valence-corrected chi connectivity index (χ4v) is 1.65. The molecule has 3 heteroatoms. The predicted molar refractivity (Wildman–Crippen MR) is 53.3 cm³/mol. The molecule has 0 unspecified atom stereocenters. The van der Waals surface area contributed by atoms with Crippen molar-refractivity contribution < 1.29 is 4.74 Å². The molecule has 0 amide bonds. The van der Waals surface area contributed by atoms with E-state index in [1.807, 2.05) is 18.2 Å². The van der Waals surface area contributed by atoms with Crippen molar-refractivity contribution in [1.29, 1.82) is 0 Å². The molecule has 1 rings (SSSR count). The van der Waals surface area contributed by atoms with Crippen molar-refractivity contribution in [1.82, 2.24) is 0 Å². The van der Waals surface area contributed by atoms with Crippen LogP contribution in [0.25, 0.3) is 0 Å². The Morgan fingerprint density at radius 3 is 2.92 bits per heavy atom. The van der Waals surface area contributed by atoms with Gasteiger partial charge in [0.25, 0.3) is 0 Å². The normalized spacial score (nSPS) is 10.2. The third-order valence-corrected chi connectivity index (χ3v) is 2.65. The number of rotatable bonds is 3. The summed E-state index contributed by atoms with van der Waals surface area (Å²) >= 11 is 1.66. The Morgan fingerprint density at radius 1 is 1.50 bits per heavy atom. The summed E-state index contributed by atoms with van der Waals surface area (Å²) in [7, 11) is 1.69. The molecule has 0 aliphatic rings. The van der Waals surface area contributed by atoms with Crippen LogP contribution in [0.5, 0.6) is 0 Å². The van der Waals surface area contributed by atoms with Crippen LogP contribution in [0.4, 0.5) is 5.69 Å². The van der Waals surface area contributed by atoms with Gasteiger partial charge in [-0.05, 0) is 24.6 Å². The van der Waals surface area contributed by atoms with E-state index in [2.05, 4.69) is 6.92 Å². The number of benzene rings is 1. The van der Waals surface area contributed by atoms with Gasteiger partial charge in [-0.1, -0.05) is 17.8 Å². The zero-order chi connectivity index (χ0) is 8.97. The van der Waals surface area contributed by atoms with Gasteiger partial charge in [-0.2, -0.15) is 0 Å². The van der Waals surface area contributed by atoms with Crippen LogP contribution in [0.3, 0.4) is 0 Å². The largest absolute Gasteiger partial charge is 0.399 e. The van der Waals surface area contributed by atoms with Crippen molar-refractivity contribution in [2.24, 2.45) is 0 Å². The molecule has 0 aliphatic heterocycles. The maximum Gasteiger partial charge on any atom is 0.0963 e. The van der Waals surface area contributed by atoms with Crippen molar-refractivity contribution in [3.63, 3.8) is 0 Å². The second kappa shape index (κ2) is 4.38. The van der Waals surface area contributed by atoms with Gasteiger partial charge in [0.1, 0.15) is 0 Å². The average Bonchev–Trinajstić information content (AvgIpc) is 2.07. The summed E-state index contributed by atoms with van der Waals surface area (Å²) in [4.78, 5) is 1.19. The van der Waals surface area contributed by atoms with Crippen LogP contribution in [0.2, 0.25) is 0 Å². The van der Waals surface area contributed by atoms with E-state index in [4.69, 9.17) is 10.5 Å². The number of hydrogen-bond acceptors (Lipinski definition) is 3. The van der Waals surface area contributed by atoms with Crippen LogP contribution in [-0.4, -0.2) is 13.0 Å². The van der Waals surface area contributed by atoms with E-state index in [9.17, 15) is 0 Å². The molecular weight excluding hydrogens is 170 g/mol. The summed E-state index contributed by atoms with van der Waals surface area (Å²) in [6, 6.07) is 5.90. The number of aryl methyl sites for hydroxylation is 1. The molecule has 0 heterocycles. The lowest BCUT2D eigenvalue weighted by Gasteiger charge is -2.04. The fourth-order valence-electron chi connectivity index (χ4n) is 0.895. The summed E-state index contributed by atoms with van der Waals surface area (Å²) in [5.74, 6) is 0.671. The van der Waals surface area contributed by atoms with Gasteiger partial charge in [-0.15, -0.1) is 0 Å². The third kappa shape index (κ3) is 2.43. The van der Waals surface area contributed by atoms with Gasteiger partial charge in [0.2, 0.25) is 0 Å². The van der Waals surface area contributed by atoms with E-state index in [-0.39, 0.29) is 0 Å². The van der Waals surface area contributed by atoms with E-state index in [0.29, 0.717) is 5.94 Å². The Labute approximate surface area is 77.1 Å². The quantitative estimate of drug-likeness (QED) is 0.443. The van der Waals surface area contributed by atoms with Gasteiger partial charge in [0.05, 0.1) is 5.94 Å². The summed E-state index contributed by atoms with van der Waals surface area (Å²) < 4.78 is 4.96. The Morgan fingerprint density at radius 2 is 2.25 bits per heavy atom. The molecule has 2 N–H and O–H groups in total. The Bertz CT molecular complexity index is 263. The number of thioether (sulfide) groups is 1. The molecule has 0 spiro atoms. The molecule has 0 saturated heterocycles. The molecule has 0 aromatic heterocycles. The lowest BCUT2D eigenvalue weighted by Crippen LogP contribution is -1.88. The monoisotopic (exact) mass is 183 g/mol. The van der Waals surface area contributed by atoms with Crippen LogP contribution < -0.4 is 5.73 Å². The molecule has 66 valence electrons. The second-order valence-corrected chi connectivity index (χ2v) is 3.54. The van der Waals surface area contributed by atoms with Crippen molar-refractivity contribution >= 4 is 17.4 Å². The second-order valence-electron chi connectivity index (χ2n) is 2.58. The molecule has 2 nitrogen and oxygen atoms in total. The maximum atomic E-state index is 5.65. The smallest absolute Gasteiger partial charge is 0.0963 e. The van der Waals surface area contributed by atoms with Crippen molar-refractivity contribution in [3.8, 4) is 0 Å². The lowest BCUT2D eigenvalue weighted by atomic mass is 10.2. The molecule has 0 saturated carbocycles. The topological polar surface area (TPSA) is 35.2 Å². The van der Waals surface area contributed by atoms with E-state index >= 15 is 0 Å². The highest BCUT2D eigenvalue weighted by Crippen LogP contribution is 2.24. The number of nitrogens with two attached hydrogens (primary N) is 1. The summed E-state index contributed by atoms with van der Waals surface area (Å²) in [5.41, 5.74) is 7.69. The molecule has 12 heavy (non-hydrogen) atoms. The number of nitrogen functional groups attached to an aromatic ring is 1. The van der Waals surface area contributed by atoms with Crippen LogP contribution in [0.1, 0.15) is 5.56 Å². The molecular formula is C9H13NOS. The number of anilines is 1. The summed E-state index contributed by atoms with van der Waals surface area (Å²) in [6.07, 6.45) is 0. The van der Waals surface area contributed by atoms with E-state index in [1.165, 1.54) is 10.5 Å². The lowest BCUT2D eigenvalue weighted by molar-refractivity contribution is 0.259. The minimum absolute atomic E-state index is 0.671. The number of hydrogen-bond donors (Lipinski definition) is 1. The Hall–Kier alpha value is -0.670.